The minimum atomic E-state index is 0.0425. The molecule has 0 bridgehead atoms. The molecule has 2 N–H and O–H groups in total. The van der Waals surface area contributed by atoms with Crippen LogP contribution in [0.3, 0.4) is 0 Å². The molecule has 1 rings (SSSR count). The molecule has 1 fully saturated rings. The highest BCUT2D eigenvalue weighted by molar-refractivity contribution is 5.81. The van der Waals surface area contributed by atoms with Gasteiger partial charge in [0, 0.05) is 6.54 Å². The van der Waals surface area contributed by atoms with Crippen molar-refractivity contribution in [1.82, 2.24) is 10.6 Å². The van der Waals surface area contributed by atoms with E-state index in [9.17, 15) is 4.79 Å². The molecule has 0 aliphatic carbocycles. The summed E-state index contributed by atoms with van der Waals surface area (Å²) in [6, 6.07) is 0.0425. The van der Waals surface area contributed by atoms with Gasteiger partial charge in [0.1, 0.15) is 0 Å². The third-order valence-electron chi connectivity index (χ3n) is 3.69. The molecule has 0 aromatic heterocycles. The summed E-state index contributed by atoms with van der Waals surface area (Å²) in [4.78, 5) is 11.9. The first-order chi connectivity index (χ1) is 7.41. The smallest absolute Gasteiger partial charge is 0.237 e. The van der Waals surface area contributed by atoms with Crippen LogP contribution in [-0.2, 0) is 4.79 Å². The van der Waals surface area contributed by atoms with Gasteiger partial charge in [-0.05, 0) is 30.7 Å². The van der Waals surface area contributed by atoms with Crippen molar-refractivity contribution in [1.29, 1.82) is 0 Å². The van der Waals surface area contributed by atoms with Crippen LogP contribution in [0.1, 0.15) is 47.0 Å². The molecule has 0 aromatic rings. The highest BCUT2D eigenvalue weighted by Crippen LogP contribution is 2.24. The zero-order valence-corrected chi connectivity index (χ0v) is 11.1. The van der Waals surface area contributed by atoms with Crippen molar-refractivity contribution >= 4 is 5.91 Å². The highest BCUT2D eigenvalue weighted by atomic mass is 16.2. The van der Waals surface area contributed by atoms with E-state index in [2.05, 4.69) is 38.3 Å². The lowest BCUT2D eigenvalue weighted by atomic mass is 9.82. The van der Waals surface area contributed by atoms with Crippen molar-refractivity contribution in [2.45, 2.75) is 53.0 Å². The van der Waals surface area contributed by atoms with Crippen molar-refractivity contribution in [3.8, 4) is 0 Å². The van der Waals surface area contributed by atoms with Crippen LogP contribution in [0.15, 0.2) is 0 Å². The summed E-state index contributed by atoms with van der Waals surface area (Å²) in [5.74, 6) is 0.677. The summed E-state index contributed by atoms with van der Waals surface area (Å²) >= 11 is 0. The Morgan fingerprint density at radius 2 is 2.12 bits per heavy atom. The molecule has 1 aliphatic heterocycles. The van der Waals surface area contributed by atoms with E-state index in [1.54, 1.807) is 0 Å². The van der Waals surface area contributed by atoms with Gasteiger partial charge in [-0.25, -0.2) is 0 Å². The van der Waals surface area contributed by atoms with E-state index in [-0.39, 0.29) is 17.4 Å². The van der Waals surface area contributed by atoms with E-state index < -0.39 is 0 Å². The second-order valence-electron chi connectivity index (χ2n) is 6.01. The molecule has 1 saturated heterocycles. The molecule has 3 heteroatoms. The molecule has 1 amide bonds. The van der Waals surface area contributed by atoms with Crippen LogP contribution in [0.5, 0.6) is 0 Å². The standard InChI is InChI=1S/C13H26N2O/c1-10(13(2,3)4)9-15-12(16)11-7-5-6-8-14-11/h10-11,14H,5-9H2,1-4H3,(H,15,16)/t10?,11-/m0/s1. The van der Waals surface area contributed by atoms with E-state index in [0.29, 0.717) is 5.92 Å². The summed E-state index contributed by atoms with van der Waals surface area (Å²) in [6.07, 6.45) is 3.35. The molecule has 1 unspecified atom stereocenters. The van der Waals surface area contributed by atoms with E-state index in [4.69, 9.17) is 0 Å². The van der Waals surface area contributed by atoms with Crippen molar-refractivity contribution in [2.75, 3.05) is 13.1 Å². The fourth-order valence-electron chi connectivity index (χ4n) is 1.76. The summed E-state index contributed by atoms with van der Waals surface area (Å²) in [6.45, 7) is 10.6. The van der Waals surface area contributed by atoms with E-state index in [1.165, 1.54) is 12.8 Å². The monoisotopic (exact) mass is 226 g/mol. The Kier molecular flexibility index (Phi) is 4.78. The average Bonchev–Trinajstić information content (AvgIpc) is 2.25. The van der Waals surface area contributed by atoms with Crippen molar-refractivity contribution < 1.29 is 4.79 Å². The third-order valence-corrected chi connectivity index (χ3v) is 3.69. The average molecular weight is 226 g/mol. The van der Waals surface area contributed by atoms with Gasteiger partial charge in [0.05, 0.1) is 6.04 Å². The largest absolute Gasteiger partial charge is 0.354 e. The number of hydrogen-bond donors (Lipinski definition) is 2. The van der Waals surface area contributed by atoms with Gasteiger partial charge in [0.15, 0.2) is 0 Å². The predicted molar refractivity (Wildman–Crippen MR) is 67.3 cm³/mol. The van der Waals surface area contributed by atoms with Crippen LogP contribution in [-0.4, -0.2) is 25.0 Å². The van der Waals surface area contributed by atoms with Gasteiger partial charge in [0.25, 0.3) is 0 Å². The molecule has 0 spiro atoms. The van der Waals surface area contributed by atoms with Crippen molar-refractivity contribution in [3.05, 3.63) is 0 Å². The number of nitrogens with one attached hydrogen (secondary N) is 2. The molecule has 1 aliphatic rings. The maximum Gasteiger partial charge on any atom is 0.237 e. The van der Waals surface area contributed by atoms with Crippen molar-refractivity contribution in [2.24, 2.45) is 11.3 Å². The van der Waals surface area contributed by atoms with Gasteiger partial charge in [0.2, 0.25) is 5.91 Å². The first kappa shape index (κ1) is 13.5. The van der Waals surface area contributed by atoms with Gasteiger partial charge < -0.3 is 10.6 Å². The highest BCUT2D eigenvalue weighted by Gasteiger charge is 2.23. The topological polar surface area (TPSA) is 41.1 Å². The number of rotatable bonds is 3. The normalized spacial score (nSPS) is 23.9. The predicted octanol–water partition coefficient (Wildman–Crippen LogP) is 1.93. The first-order valence-electron chi connectivity index (χ1n) is 6.42. The lowest BCUT2D eigenvalue weighted by Gasteiger charge is -2.29. The van der Waals surface area contributed by atoms with Gasteiger partial charge in [-0.1, -0.05) is 34.1 Å². The Labute approximate surface area is 99.4 Å². The fourth-order valence-corrected chi connectivity index (χ4v) is 1.76. The van der Waals surface area contributed by atoms with E-state index >= 15 is 0 Å². The minimum Gasteiger partial charge on any atom is -0.354 e. The van der Waals surface area contributed by atoms with E-state index in [1.807, 2.05) is 0 Å². The number of carbonyl (C=O) groups is 1. The second kappa shape index (κ2) is 5.67. The summed E-state index contributed by atoms with van der Waals surface area (Å²) in [5, 5.41) is 6.33. The molecule has 0 saturated carbocycles. The number of piperidine rings is 1. The maximum atomic E-state index is 11.9. The zero-order chi connectivity index (χ0) is 12.2. The van der Waals surface area contributed by atoms with Gasteiger partial charge in [-0.3, -0.25) is 4.79 Å². The van der Waals surface area contributed by atoms with Gasteiger partial charge >= 0.3 is 0 Å². The molecule has 94 valence electrons. The third kappa shape index (κ3) is 4.12. The fraction of sp³-hybridized carbons (Fsp3) is 0.923. The second-order valence-corrected chi connectivity index (χ2v) is 6.01. The number of carbonyl (C=O) groups excluding carboxylic acids is 1. The molecule has 0 radical (unpaired) electrons. The molecule has 3 nitrogen and oxygen atoms in total. The summed E-state index contributed by atoms with van der Waals surface area (Å²) < 4.78 is 0. The number of hydrogen-bond acceptors (Lipinski definition) is 2. The zero-order valence-electron chi connectivity index (χ0n) is 11.1. The Bertz CT molecular complexity index is 227. The Morgan fingerprint density at radius 1 is 1.44 bits per heavy atom. The Morgan fingerprint density at radius 3 is 2.62 bits per heavy atom. The van der Waals surface area contributed by atoms with Gasteiger partial charge in [-0.2, -0.15) is 0 Å². The Hall–Kier alpha value is -0.570. The van der Waals surface area contributed by atoms with Crippen molar-refractivity contribution in [3.63, 3.8) is 0 Å². The quantitative estimate of drug-likeness (QED) is 0.772. The molecule has 16 heavy (non-hydrogen) atoms. The van der Waals surface area contributed by atoms with E-state index in [0.717, 1.165) is 19.5 Å². The Balaban J connectivity index is 2.29. The lowest BCUT2D eigenvalue weighted by molar-refractivity contribution is -0.124. The summed E-state index contributed by atoms with van der Waals surface area (Å²) in [7, 11) is 0. The van der Waals surface area contributed by atoms with Crippen LogP contribution >= 0.6 is 0 Å². The maximum absolute atomic E-state index is 11.9. The van der Waals surface area contributed by atoms with Gasteiger partial charge in [-0.15, -0.1) is 0 Å². The molecular formula is C13H26N2O. The van der Waals surface area contributed by atoms with Crippen LogP contribution < -0.4 is 10.6 Å². The lowest BCUT2D eigenvalue weighted by Crippen LogP contribution is -2.48. The van der Waals surface area contributed by atoms with Crippen LogP contribution in [0, 0.1) is 11.3 Å². The first-order valence-corrected chi connectivity index (χ1v) is 6.42. The molecule has 2 atom stereocenters. The molecule has 0 aromatic carbocycles. The van der Waals surface area contributed by atoms with Crippen LogP contribution in [0.4, 0.5) is 0 Å². The summed E-state index contributed by atoms with van der Waals surface area (Å²) in [5.41, 5.74) is 0.257. The minimum absolute atomic E-state index is 0.0425. The molecule has 1 heterocycles. The number of amides is 1. The molecular weight excluding hydrogens is 200 g/mol. The SMILES string of the molecule is CC(CNC(=O)[C@@H]1CCCCN1)C(C)(C)C. The van der Waals surface area contributed by atoms with Crippen LogP contribution in [0.25, 0.3) is 0 Å². The van der Waals surface area contributed by atoms with Crippen LogP contribution in [0.2, 0.25) is 0 Å².